The van der Waals surface area contributed by atoms with Gasteiger partial charge in [-0.25, -0.2) is 4.79 Å². The van der Waals surface area contributed by atoms with Gasteiger partial charge in [0.15, 0.2) is 24.0 Å². The molecule has 8 aromatic rings. The first-order valence-corrected chi connectivity index (χ1v) is 48.5. The number of amides is 10. The second-order valence-corrected chi connectivity index (χ2v) is 38.2. The predicted octanol–water partition coefficient (Wildman–Crippen LogP) is 11.6. The van der Waals surface area contributed by atoms with Crippen molar-refractivity contribution in [1.29, 1.82) is 0 Å². The zero-order valence-electron chi connectivity index (χ0n) is 76.5. The Labute approximate surface area is 799 Å². The average Bonchev–Trinajstić information content (AvgIpc) is 1.58. The molecule has 4 aromatic carbocycles. The molecular weight excluding hydrogens is 1810 g/mol. The number of thiophene rings is 2. The smallest absolute Gasteiger partial charge is 0.341 e. The van der Waals surface area contributed by atoms with E-state index in [1.165, 1.54) is 45.6 Å². The van der Waals surface area contributed by atoms with Crippen LogP contribution >= 0.6 is 45.9 Å². The number of rotatable bonds is 36. The largest absolute Gasteiger partial charge is 0.485 e. The summed E-state index contributed by atoms with van der Waals surface area (Å²) < 4.78 is 14.9. The Hall–Kier alpha value is -12.1. The van der Waals surface area contributed by atoms with Crippen molar-refractivity contribution < 1.29 is 81.7 Å². The number of nitrogens with two attached hydrogens (primary N) is 1. The van der Waals surface area contributed by atoms with Crippen LogP contribution in [-0.2, 0) is 47.9 Å². The van der Waals surface area contributed by atoms with E-state index in [2.05, 4.69) is 77.7 Å². The Morgan fingerprint density at radius 1 is 0.452 bits per heavy atom. The van der Waals surface area contributed by atoms with E-state index < -0.39 is 84.0 Å². The Kier molecular flexibility index (Phi) is 33.0. The van der Waals surface area contributed by atoms with Crippen LogP contribution in [0.4, 0.5) is 0 Å². The van der Waals surface area contributed by atoms with Gasteiger partial charge in [-0.2, -0.15) is 0 Å². The third kappa shape index (κ3) is 23.2. The number of benzene rings is 4. The summed E-state index contributed by atoms with van der Waals surface area (Å²) >= 11 is 15.9. The molecule has 2 unspecified atom stereocenters. The summed E-state index contributed by atoms with van der Waals surface area (Å²) in [6.45, 7) is 20.2. The Bertz CT molecular complexity index is 5960. The highest BCUT2D eigenvalue weighted by Crippen LogP contribution is 2.44. The number of fused-ring (bicyclic) bond motifs is 8. The van der Waals surface area contributed by atoms with Gasteiger partial charge in [-0.05, 0) is 185 Å². The predicted molar refractivity (Wildman–Crippen MR) is 505 cm³/mol. The molecule has 5 N–H and O–H groups in total. The Balaban J connectivity index is 0.000000183. The van der Waals surface area contributed by atoms with Crippen LogP contribution in [0.15, 0.2) is 94.9 Å². The van der Waals surface area contributed by atoms with Crippen LogP contribution < -0.4 is 25.8 Å². The van der Waals surface area contributed by atoms with E-state index >= 15 is 0 Å². The molecule has 135 heavy (non-hydrogen) atoms. The van der Waals surface area contributed by atoms with E-state index in [4.69, 9.17) is 53.5 Å². The number of ether oxygens (including phenoxy) is 2. The molecule has 12 heterocycles. The maximum absolute atomic E-state index is 13.5. The van der Waals surface area contributed by atoms with Gasteiger partial charge in [0, 0.05) is 152 Å². The number of nitrogens with zero attached hydrogens (tertiary/aromatic N) is 14. The monoisotopic (exact) mass is 1920 g/mol. The highest BCUT2D eigenvalue weighted by atomic mass is 35.5. The summed E-state index contributed by atoms with van der Waals surface area (Å²) in [5.74, 6) is -2.74. The number of piperazine rings is 2. The van der Waals surface area contributed by atoms with Gasteiger partial charge in [0.1, 0.15) is 75.5 Å². The number of imide groups is 4. The van der Waals surface area contributed by atoms with Crippen molar-refractivity contribution in [2.75, 3.05) is 85.2 Å². The second kappa shape index (κ2) is 45.1. The van der Waals surface area contributed by atoms with Crippen LogP contribution in [0.2, 0.25) is 10.0 Å². The fourth-order valence-corrected chi connectivity index (χ4v) is 20.8. The van der Waals surface area contributed by atoms with Crippen LogP contribution in [0.5, 0.6) is 11.5 Å². The Morgan fingerprint density at radius 3 is 1.24 bits per heavy atom. The lowest BCUT2D eigenvalue weighted by atomic mass is 9.99. The molecule has 10 amide bonds. The van der Waals surface area contributed by atoms with Crippen molar-refractivity contribution in [2.45, 2.75) is 207 Å². The number of aliphatic carboxylic acids is 1. The van der Waals surface area contributed by atoms with E-state index in [0.29, 0.717) is 73.4 Å². The number of aromatic nitrogens is 6. The Morgan fingerprint density at radius 2 is 0.837 bits per heavy atom. The molecule has 0 bridgehead atoms. The molecule has 38 heteroatoms. The summed E-state index contributed by atoms with van der Waals surface area (Å²) in [7, 11) is 0. The number of aliphatic imine (C=N–C) groups is 2. The number of carbonyl (C=O) groups is 14. The van der Waals surface area contributed by atoms with Crippen LogP contribution in [0.3, 0.4) is 0 Å². The van der Waals surface area contributed by atoms with E-state index in [1.54, 1.807) is 28.7 Å². The van der Waals surface area contributed by atoms with Gasteiger partial charge in [0.2, 0.25) is 35.4 Å². The number of carboxylic acid groups (broad SMARTS) is 1. The fourth-order valence-electron chi connectivity index (χ4n) is 18.1. The van der Waals surface area contributed by atoms with Crippen LogP contribution in [0.1, 0.15) is 261 Å². The van der Waals surface area contributed by atoms with Gasteiger partial charge in [-0.1, -0.05) is 78.9 Å². The maximum Gasteiger partial charge on any atom is 0.341 e. The third-order valence-corrected chi connectivity index (χ3v) is 28.5. The van der Waals surface area contributed by atoms with E-state index in [0.717, 1.165) is 187 Å². The number of Topliss-reactive ketones (excluding diaryl/α,β-unsaturated/α-hetero) is 3. The van der Waals surface area contributed by atoms with Crippen molar-refractivity contribution in [3.05, 3.63) is 184 Å². The molecule has 712 valence electrons. The molecular formula is C97H111Cl2N17O17S2. The van der Waals surface area contributed by atoms with Crippen LogP contribution in [0.25, 0.3) is 10.0 Å². The first kappa shape index (κ1) is 98.9. The third-order valence-electron chi connectivity index (χ3n) is 25.7. The highest BCUT2D eigenvalue weighted by Gasteiger charge is 2.49. The lowest BCUT2D eigenvalue weighted by molar-refractivity contribution is -0.139. The quantitative estimate of drug-likeness (QED) is 0.0209. The van der Waals surface area contributed by atoms with Gasteiger partial charge < -0.3 is 30.1 Å². The van der Waals surface area contributed by atoms with Gasteiger partial charge >= 0.3 is 5.97 Å². The van der Waals surface area contributed by atoms with Crippen molar-refractivity contribution in [1.82, 2.24) is 69.6 Å². The van der Waals surface area contributed by atoms with Crippen molar-refractivity contribution in [2.24, 2.45) is 15.7 Å². The van der Waals surface area contributed by atoms with Crippen molar-refractivity contribution in [3.63, 3.8) is 0 Å². The number of ketones is 3. The summed E-state index contributed by atoms with van der Waals surface area (Å²) in [5.41, 5.74) is 13.7. The molecule has 4 atom stereocenters. The number of piperidine rings is 2. The number of unbranched alkanes of at least 4 members (excludes halogenated alkanes) is 7. The summed E-state index contributed by atoms with van der Waals surface area (Å²) in [6.07, 6.45) is 12.3. The number of carbonyl (C=O) groups excluding carboxylic acids is 13. The lowest BCUT2D eigenvalue weighted by Crippen LogP contribution is -2.54. The molecule has 16 rings (SSSR count). The first-order chi connectivity index (χ1) is 64.9. The SMILES string of the molecule is Cc1sc2c(c1C)C(c1ccc(Cl)cc1)=N[C@@H](CC(=O)CCCCN1CCN(C(=O)CCCCCCC(=O)COc3cccc4c3C(=O)N(C3CCC(=O)NC3=O)C4=O)CC1)c1nnc(C)n1-2.Cc1sc2c(c1C)C(c1ccc(Cl)cc1)=N[C@@H](CC(=O)CCCCN1CCN(C(=O)CCCCCN)CC1)c1nnc(C)n1-2.O=C(O)COc1cccc2c1C(=O)N(C1CCC(=O)NC1=O)C2=O. The molecule has 0 spiro atoms. The van der Waals surface area contributed by atoms with Gasteiger partial charge in [-0.3, -0.25) is 112 Å². The summed E-state index contributed by atoms with van der Waals surface area (Å²) in [6, 6.07) is 21.1. The molecule has 0 radical (unpaired) electrons. The second-order valence-electron chi connectivity index (χ2n) is 34.9. The zero-order chi connectivity index (χ0) is 96.0. The summed E-state index contributed by atoms with van der Waals surface area (Å²) in [5, 5.41) is 34.2. The number of aryl methyl sites for hydroxylation is 4. The number of hydrogen-bond donors (Lipinski definition) is 4. The minimum absolute atomic E-state index is 0.00793. The van der Waals surface area contributed by atoms with E-state index in [9.17, 15) is 67.1 Å². The molecule has 4 fully saturated rings. The maximum atomic E-state index is 13.5. The van der Waals surface area contributed by atoms with Crippen LogP contribution in [0, 0.1) is 41.5 Å². The molecule has 0 aliphatic carbocycles. The molecule has 8 aliphatic heterocycles. The topological polar surface area (TPSA) is 433 Å². The molecule has 0 saturated carbocycles. The molecule has 4 saturated heterocycles. The number of carboxylic acids is 1. The highest BCUT2D eigenvalue weighted by molar-refractivity contribution is 7.15. The number of halogens is 2. The zero-order valence-corrected chi connectivity index (χ0v) is 79.7. The minimum Gasteiger partial charge on any atom is -0.485 e. The number of hydrogen-bond acceptors (Lipinski definition) is 27. The normalized spacial score (nSPS) is 18.1. The summed E-state index contributed by atoms with van der Waals surface area (Å²) in [4.78, 5) is 198. The minimum atomic E-state index is -1.23. The molecule has 8 aliphatic rings. The first-order valence-electron chi connectivity index (χ1n) is 46.1. The molecule has 4 aromatic heterocycles. The standard InChI is InChI=1S/C49H55ClN8O8S.C33H44ClN7O2S.C15H12N2O7/c1-29-30(2)67-49-42(29)44(32-16-18-33(50)19-17-32)51-37(45-54-53-31(3)57(45)49)27-34(59)11-8-9-22-55-23-25-56(26-24-55)41(62)15-7-5-4-6-12-35(60)28-66-39-14-10-13-36-43(39)48(65)58(47(36)64)38-20-21-40(61)52-46(38)63;1-22-23(2)44-33-30(22)31(25-11-13-26(34)14-12-25)36-28(32-38-37-24(3)41(32)33)21-27(42)9-6-8-16-39-17-19-40(20-18-39)29(43)10-5-4-7-15-35;18-10-5-4-8(13(21)16-10)17-14(22)7-2-1-3-9(12(7)15(17)23)24-6-11(19)20/h10,13-14,16-19,37-38H,4-9,11-12,15,20-28H2,1-3H3,(H,52,61,63);11-14,28H,4-10,15-21,35H2,1-3H3;1-3,8H,4-6H2,(H,19,20)(H,16,18,21)/t37-,38?;28-;/m00./s1. The van der Waals surface area contributed by atoms with Gasteiger partial charge in [0.05, 0.1) is 33.7 Å². The average molecular weight is 1920 g/mol. The van der Waals surface area contributed by atoms with Crippen molar-refractivity contribution in [3.8, 4) is 21.5 Å². The fraction of sp³-hybridized carbons (Fsp3) is 0.464. The molecule has 34 nitrogen and oxygen atoms in total. The van der Waals surface area contributed by atoms with Crippen molar-refractivity contribution >= 4 is 140 Å². The van der Waals surface area contributed by atoms with E-state index in [1.807, 2.05) is 72.2 Å². The number of nitrogens with one attached hydrogen (secondary N) is 2. The lowest BCUT2D eigenvalue weighted by Gasteiger charge is -2.34. The van der Waals surface area contributed by atoms with Gasteiger partial charge in [-0.15, -0.1) is 43.1 Å². The van der Waals surface area contributed by atoms with Crippen LogP contribution in [-0.4, -0.2) is 255 Å². The van der Waals surface area contributed by atoms with Gasteiger partial charge in [0.25, 0.3) is 23.6 Å². The van der Waals surface area contributed by atoms with E-state index in [-0.39, 0.29) is 114 Å².